The van der Waals surface area contributed by atoms with Crippen LogP contribution in [0.2, 0.25) is 0 Å². The van der Waals surface area contributed by atoms with Gasteiger partial charge in [-0.3, -0.25) is 4.90 Å². The van der Waals surface area contributed by atoms with Crippen molar-refractivity contribution in [2.75, 3.05) is 20.2 Å². The molecule has 1 aliphatic heterocycles. The van der Waals surface area contributed by atoms with Gasteiger partial charge in [0.2, 0.25) is 0 Å². The summed E-state index contributed by atoms with van der Waals surface area (Å²) in [6, 6.07) is 6.68. The van der Waals surface area contributed by atoms with Crippen molar-refractivity contribution in [3.05, 3.63) is 29.3 Å². The number of hydrogen-bond donors (Lipinski definition) is 1. The third-order valence-corrected chi connectivity index (χ3v) is 4.17. The van der Waals surface area contributed by atoms with E-state index in [1.807, 2.05) is 0 Å². The van der Waals surface area contributed by atoms with Crippen LogP contribution in [-0.2, 0) is 13.0 Å². The minimum Gasteiger partial charge on any atom is -0.496 e. The van der Waals surface area contributed by atoms with Crippen LogP contribution in [0.1, 0.15) is 37.8 Å². The summed E-state index contributed by atoms with van der Waals surface area (Å²) in [6.07, 6.45) is 3.54. The van der Waals surface area contributed by atoms with Crippen molar-refractivity contribution in [1.82, 2.24) is 4.90 Å². The lowest BCUT2D eigenvalue weighted by Crippen LogP contribution is -2.32. The van der Waals surface area contributed by atoms with Gasteiger partial charge >= 0.3 is 0 Å². The van der Waals surface area contributed by atoms with Crippen LogP contribution < -0.4 is 10.5 Å². The van der Waals surface area contributed by atoms with E-state index in [0.29, 0.717) is 0 Å². The Balaban J connectivity index is 2.07. The largest absolute Gasteiger partial charge is 0.496 e. The summed E-state index contributed by atoms with van der Waals surface area (Å²) in [4.78, 5) is 2.54. The van der Waals surface area contributed by atoms with Crippen LogP contribution in [0, 0.1) is 5.92 Å². The molecule has 1 heterocycles. The van der Waals surface area contributed by atoms with Crippen LogP contribution in [0.3, 0.4) is 0 Å². The van der Waals surface area contributed by atoms with Crippen LogP contribution in [0.5, 0.6) is 5.75 Å². The molecule has 112 valence electrons. The molecular formula is C17H28N2O. The van der Waals surface area contributed by atoms with Crippen molar-refractivity contribution in [2.24, 2.45) is 11.7 Å². The molecule has 0 saturated carbocycles. The zero-order chi connectivity index (χ0) is 14.5. The molecule has 0 aliphatic carbocycles. The van der Waals surface area contributed by atoms with E-state index >= 15 is 0 Å². The van der Waals surface area contributed by atoms with Gasteiger partial charge in [0.05, 0.1) is 7.11 Å². The molecule has 1 aliphatic rings. The van der Waals surface area contributed by atoms with E-state index in [-0.39, 0.29) is 6.04 Å². The molecule has 0 amide bonds. The molecule has 0 radical (unpaired) electrons. The Labute approximate surface area is 123 Å². The maximum Gasteiger partial charge on any atom is 0.123 e. The van der Waals surface area contributed by atoms with E-state index in [9.17, 15) is 0 Å². The van der Waals surface area contributed by atoms with Crippen molar-refractivity contribution >= 4 is 0 Å². The molecule has 0 spiro atoms. The predicted octanol–water partition coefficient (Wildman–Crippen LogP) is 2.82. The highest BCUT2D eigenvalue weighted by atomic mass is 16.5. The molecular weight excluding hydrogens is 248 g/mol. The molecule has 20 heavy (non-hydrogen) atoms. The number of nitrogens with zero attached hydrogens (tertiary/aromatic N) is 1. The van der Waals surface area contributed by atoms with Gasteiger partial charge in [0, 0.05) is 18.2 Å². The van der Waals surface area contributed by atoms with E-state index in [1.165, 1.54) is 37.1 Å². The molecule has 1 atom stereocenters. The van der Waals surface area contributed by atoms with Gasteiger partial charge in [-0.05, 0) is 56.8 Å². The maximum absolute atomic E-state index is 5.90. The minimum atomic E-state index is 0.201. The van der Waals surface area contributed by atoms with E-state index in [0.717, 1.165) is 24.6 Å². The number of piperidine rings is 1. The van der Waals surface area contributed by atoms with E-state index in [1.54, 1.807) is 7.11 Å². The van der Waals surface area contributed by atoms with E-state index in [2.05, 4.69) is 36.9 Å². The minimum absolute atomic E-state index is 0.201. The molecule has 3 nitrogen and oxygen atoms in total. The molecule has 1 saturated heterocycles. The molecule has 2 rings (SSSR count). The summed E-state index contributed by atoms with van der Waals surface area (Å²) >= 11 is 0. The Bertz CT molecular complexity index is 423. The third kappa shape index (κ3) is 4.22. The molecule has 3 heteroatoms. The second-order valence-electron chi connectivity index (χ2n) is 6.29. The average Bonchev–Trinajstić information content (AvgIpc) is 2.41. The summed E-state index contributed by atoms with van der Waals surface area (Å²) in [6.45, 7) is 7.78. The summed E-state index contributed by atoms with van der Waals surface area (Å²) in [7, 11) is 1.75. The maximum atomic E-state index is 5.90. The number of benzene rings is 1. The van der Waals surface area contributed by atoms with Crippen molar-refractivity contribution in [2.45, 2.75) is 45.7 Å². The van der Waals surface area contributed by atoms with Crippen LogP contribution in [0.15, 0.2) is 18.2 Å². The second-order valence-corrected chi connectivity index (χ2v) is 6.29. The Morgan fingerprint density at radius 2 is 2.05 bits per heavy atom. The fraction of sp³-hybridized carbons (Fsp3) is 0.647. The predicted molar refractivity (Wildman–Crippen MR) is 84.0 cm³/mol. The zero-order valence-corrected chi connectivity index (χ0v) is 13.1. The monoisotopic (exact) mass is 276 g/mol. The van der Waals surface area contributed by atoms with Gasteiger partial charge in [0.25, 0.3) is 0 Å². The standard InChI is InChI=1S/C17H28N2O/c1-13-6-8-19(9-7-13)12-16-11-15(10-14(2)18)4-5-17(16)20-3/h4-5,11,13-14H,6-10,12,18H2,1-3H3. The second kappa shape index (κ2) is 7.09. The van der Waals surface area contributed by atoms with Gasteiger partial charge in [-0.2, -0.15) is 0 Å². The van der Waals surface area contributed by atoms with E-state index < -0.39 is 0 Å². The SMILES string of the molecule is COc1ccc(CC(C)N)cc1CN1CCC(C)CC1. The van der Waals surface area contributed by atoms with Crippen LogP contribution >= 0.6 is 0 Å². The van der Waals surface area contributed by atoms with E-state index in [4.69, 9.17) is 10.5 Å². The topological polar surface area (TPSA) is 38.5 Å². The Hall–Kier alpha value is -1.06. The Kier molecular flexibility index (Phi) is 5.44. The number of rotatable bonds is 5. The van der Waals surface area contributed by atoms with Crippen molar-refractivity contribution in [3.63, 3.8) is 0 Å². The normalized spacial score (nSPS) is 19.0. The van der Waals surface area contributed by atoms with Crippen molar-refractivity contribution < 1.29 is 4.74 Å². The highest BCUT2D eigenvalue weighted by molar-refractivity contribution is 5.37. The first kappa shape index (κ1) is 15.3. The van der Waals surface area contributed by atoms with Gasteiger partial charge in [-0.1, -0.05) is 19.1 Å². The molecule has 0 aromatic heterocycles. The third-order valence-electron chi connectivity index (χ3n) is 4.17. The molecule has 2 N–H and O–H groups in total. The van der Waals surface area contributed by atoms with Crippen LogP contribution in [0.25, 0.3) is 0 Å². The number of hydrogen-bond acceptors (Lipinski definition) is 3. The number of ether oxygens (including phenoxy) is 1. The molecule has 1 aromatic carbocycles. The number of nitrogens with two attached hydrogens (primary N) is 1. The summed E-state index contributed by atoms with van der Waals surface area (Å²) in [5.41, 5.74) is 8.50. The quantitative estimate of drug-likeness (QED) is 0.898. The highest BCUT2D eigenvalue weighted by Gasteiger charge is 2.17. The summed E-state index contributed by atoms with van der Waals surface area (Å²) in [5.74, 6) is 1.87. The molecule has 1 fully saturated rings. The van der Waals surface area contributed by atoms with Crippen molar-refractivity contribution in [3.8, 4) is 5.75 Å². The Morgan fingerprint density at radius 3 is 2.65 bits per heavy atom. The summed E-state index contributed by atoms with van der Waals surface area (Å²) in [5, 5.41) is 0. The lowest BCUT2D eigenvalue weighted by Gasteiger charge is -2.30. The summed E-state index contributed by atoms with van der Waals surface area (Å²) < 4.78 is 5.51. The van der Waals surface area contributed by atoms with Crippen molar-refractivity contribution in [1.29, 1.82) is 0 Å². The van der Waals surface area contributed by atoms with Gasteiger partial charge in [-0.15, -0.1) is 0 Å². The lowest BCUT2D eigenvalue weighted by atomic mass is 9.98. The van der Waals surface area contributed by atoms with Gasteiger partial charge in [0.15, 0.2) is 0 Å². The first-order valence-electron chi connectivity index (χ1n) is 7.72. The fourth-order valence-corrected chi connectivity index (χ4v) is 2.92. The number of methoxy groups -OCH3 is 1. The smallest absolute Gasteiger partial charge is 0.123 e. The molecule has 1 aromatic rings. The fourth-order valence-electron chi connectivity index (χ4n) is 2.92. The van der Waals surface area contributed by atoms with Gasteiger partial charge in [-0.25, -0.2) is 0 Å². The van der Waals surface area contributed by atoms with Gasteiger partial charge in [0.1, 0.15) is 5.75 Å². The van der Waals surface area contributed by atoms with Crippen LogP contribution in [0.4, 0.5) is 0 Å². The zero-order valence-electron chi connectivity index (χ0n) is 13.1. The first-order chi connectivity index (χ1) is 9.58. The lowest BCUT2D eigenvalue weighted by molar-refractivity contribution is 0.183. The Morgan fingerprint density at radius 1 is 1.35 bits per heavy atom. The van der Waals surface area contributed by atoms with Gasteiger partial charge < -0.3 is 10.5 Å². The molecule has 1 unspecified atom stereocenters. The van der Waals surface area contributed by atoms with Crippen LogP contribution in [-0.4, -0.2) is 31.1 Å². The highest BCUT2D eigenvalue weighted by Crippen LogP contribution is 2.25. The number of likely N-dealkylation sites (tertiary alicyclic amines) is 1. The first-order valence-corrected chi connectivity index (χ1v) is 7.72. The average molecular weight is 276 g/mol. The molecule has 0 bridgehead atoms.